The Morgan fingerprint density at radius 2 is 2.35 bits per heavy atom. The van der Waals surface area contributed by atoms with Gasteiger partial charge in [0.1, 0.15) is 10.4 Å². The van der Waals surface area contributed by atoms with Crippen molar-refractivity contribution >= 4 is 27.5 Å². The van der Waals surface area contributed by atoms with Crippen LogP contribution in [-0.2, 0) is 6.54 Å². The predicted octanol–water partition coefficient (Wildman–Crippen LogP) is 1.49. The van der Waals surface area contributed by atoms with E-state index >= 15 is 0 Å². The summed E-state index contributed by atoms with van der Waals surface area (Å²) in [6.45, 7) is 0.730. The minimum Gasteiger partial charge on any atom is -0.349 e. The minimum absolute atomic E-state index is 0.0740. The van der Waals surface area contributed by atoms with Crippen LogP contribution in [0.4, 0.5) is 0 Å². The van der Waals surface area contributed by atoms with E-state index in [9.17, 15) is 9.59 Å². The van der Waals surface area contributed by atoms with Crippen molar-refractivity contribution in [3.8, 4) is 0 Å². The van der Waals surface area contributed by atoms with Crippen molar-refractivity contribution in [1.82, 2.24) is 25.1 Å². The molecule has 3 heterocycles. The molecule has 2 N–H and O–H groups in total. The molecule has 0 saturated heterocycles. The van der Waals surface area contributed by atoms with Gasteiger partial charge in [0.25, 0.3) is 11.5 Å². The number of aromatic nitrogens is 4. The monoisotopic (exact) mass is 329 g/mol. The fourth-order valence-corrected chi connectivity index (χ4v) is 3.27. The number of carbonyl (C=O) groups excluding carboxylic acids is 1. The average molecular weight is 329 g/mol. The topological polar surface area (TPSA) is 92.7 Å². The quantitative estimate of drug-likeness (QED) is 0.742. The number of thiophene rings is 1. The highest BCUT2D eigenvalue weighted by Gasteiger charge is 2.26. The Bertz CT molecular complexity index is 921. The van der Waals surface area contributed by atoms with Gasteiger partial charge >= 0.3 is 0 Å². The molecule has 7 nitrogen and oxygen atoms in total. The van der Waals surface area contributed by atoms with Crippen molar-refractivity contribution in [3.05, 3.63) is 45.6 Å². The van der Waals surface area contributed by atoms with E-state index in [1.807, 2.05) is 11.4 Å². The second-order valence-corrected chi connectivity index (χ2v) is 6.53. The third-order valence-corrected chi connectivity index (χ3v) is 4.81. The lowest BCUT2D eigenvalue weighted by molar-refractivity contribution is 0.0947. The molecule has 0 aromatic carbocycles. The molecule has 8 heteroatoms. The van der Waals surface area contributed by atoms with Crippen LogP contribution in [0.1, 0.15) is 34.9 Å². The van der Waals surface area contributed by atoms with Crippen LogP contribution in [0.25, 0.3) is 10.2 Å². The van der Waals surface area contributed by atoms with Gasteiger partial charge in [0.15, 0.2) is 0 Å². The molecule has 1 fully saturated rings. The number of nitrogens with zero attached hydrogens (tertiary/aromatic N) is 3. The fourth-order valence-electron chi connectivity index (χ4n) is 2.48. The summed E-state index contributed by atoms with van der Waals surface area (Å²) >= 11 is 1.38. The molecule has 1 saturated carbocycles. The van der Waals surface area contributed by atoms with E-state index in [4.69, 9.17) is 0 Å². The van der Waals surface area contributed by atoms with Crippen LogP contribution in [0.3, 0.4) is 0 Å². The maximum absolute atomic E-state index is 12.2. The molecule has 0 unspecified atom stereocenters. The van der Waals surface area contributed by atoms with Crippen LogP contribution >= 0.6 is 11.3 Å². The molecule has 23 heavy (non-hydrogen) atoms. The van der Waals surface area contributed by atoms with Gasteiger partial charge in [-0.3, -0.25) is 19.3 Å². The first kappa shape index (κ1) is 14.1. The Morgan fingerprint density at radius 1 is 1.48 bits per heavy atom. The SMILES string of the molecule is O=C(NCCn1cnc2ccsc2c1=O)c1cc(C2CC2)[nH]n1. The number of H-pyrrole nitrogens is 1. The first-order chi connectivity index (χ1) is 11.2. The van der Waals surface area contributed by atoms with Gasteiger partial charge in [-0.2, -0.15) is 5.10 Å². The summed E-state index contributed by atoms with van der Waals surface area (Å²) in [7, 11) is 0. The van der Waals surface area contributed by atoms with E-state index in [-0.39, 0.29) is 11.5 Å². The smallest absolute Gasteiger partial charge is 0.271 e. The molecule has 0 aliphatic heterocycles. The second-order valence-electron chi connectivity index (χ2n) is 5.62. The lowest BCUT2D eigenvalue weighted by Gasteiger charge is -2.06. The minimum atomic E-state index is -0.230. The Kier molecular flexibility index (Phi) is 3.45. The highest BCUT2D eigenvalue weighted by atomic mass is 32.1. The largest absolute Gasteiger partial charge is 0.349 e. The maximum atomic E-state index is 12.2. The number of nitrogens with one attached hydrogen (secondary N) is 2. The zero-order valence-corrected chi connectivity index (χ0v) is 13.1. The molecule has 0 radical (unpaired) electrons. The van der Waals surface area contributed by atoms with E-state index in [1.165, 1.54) is 22.2 Å². The van der Waals surface area contributed by atoms with Gasteiger partial charge in [-0.15, -0.1) is 11.3 Å². The van der Waals surface area contributed by atoms with E-state index in [0.29, 0.717) is 34.9 Å². The third kappa shape index (κ3) is 2.77. The number of hydrogen-bond donors (Lipinski definition) is 2. The fraction of sp³-hybridized carbons (Fsp3) is 0.333. The lowest BCUT2D eigenvalue weighted by Crippen LogP contribution is -2.31. The predicted molar refractivity (Wildman–Crippen MR) is 86.8 cm³/mol. The van der Waals surface area contributed by atoms with E-state index in [0.717, 1.165) is 18.5 Å². The molecule has 3 aromatic rings. The van der Waals surface area contributed by atoms with Crippen LogP contribution in [-0.4, -0.2) is 32.2 Å². The van der Waals surface area contributed by atoms with Gasteiger partial charge in [-0.1, -0.05) is 0 Å². The normalized spacial score (nSPS) is 14.3. The van der Waals surface area contributed by atoms with Crippen molar-refractivity contribution in [1.29, 1.82) is 0 Å². The zero-order chi connectivity index (χ0) is 15.8. The summed E-state index contributed by atoms with van der Waals surface area (Å²) in [5, 5.41) is 11.6. The molecular weight excluding hydrogens is 314 g/mol. The molecule has 1 aliphatic rings. The Balaban J connectivity index is 1.39. The summed E-state index contributed by atoms with van der Waals surface area (Å²) in [6, 6.07) is 3.63. The molecule has 0 atom stereocenters. The van der Waals surface area contributed by atoms with E-state index in [2.05, 4.69) is 20.5 Å². The Hall–Kier alpha value is -2.48. The summed E-state index contributed by atoms with van der Waals surface area (Å²) in [5.41, 5.74) is 2.06. The first-order valence-electron chi connectivity index (χ1n) is 7.48. The zero-order valence-electron chi connectivity index (χ0n) is 12.3. The third-order valence-electron chi connectivity index (χ3n) is 3.92. The Labute approximate surface area is 135 Å². The van der Waals surface area contributed by atoms with Gasteiger partial charge in [-0.05, 0) is 30.4 Å². The van der Waals surface area contributed by atoms with Gasteiger partial charge < -0.3 is 5.32 Å². The number of amides is 1. The summed E-state index contributed by atoms with van der Waals surface area (Å²) < 4.78 is 2.15. The highest BCUT2D eigenvalue weighted by molar-refractivity contribution is 7.17. The second kappa shape index (κ2) is 5.62. The molecule has 0 bridgehead atoms. The summed E-state index contributed by atoms with van der Waals surface area (Å²) in [6.07, 6.45) is 3.83. The van der Waals surface area contributed by atoms with E-state index < -0.39 is 0 Å². The van der Waals surface area contributed by atoms with Crippen LogP contribution in [0.5, 0.6) is 0 Å². The number of carbonyl (C=O) groups is 1. The molecular formula is C15H15N5O2S. The van der Waals surface area contributed by atoms with Gasteiger partial charge in [0.2, 0.25) is 0 Å². The first-order valence-corrected chi connectivity index (χ1v) is 8.36. The number of rotatable bonds is 5. The van der Waals surface area contributed by atoms with Crippen LogP contribution in [0.2, 0.25) is 0 Å². The van der Waals surface area contributed by atoms with E-state index in [1.54, 1.807) is 6.07 Å². The van der Waals surface area contributed by atoms with Gasteiger partial charge in [0, 0.05) is 24.7 Å². The number of aromatic amines is 1. The average Bonchev–Trinajstić information content (AvgIpc) is 3.10. The van der Waals surface area contributed by atoms with Crippen LogP contribution in [0, 0.1) is 0 Å². The van der Waals surface area contributed by atoms with Crippen molar-refractivity contribution in [2.45, 2.75) is 25.3 Å². The molecule has 4 rings (SSSR count). The molecule has 1 aliphatic carbocycles. The standard InChI is InChI=1S/C15H15N5O2S/c21-14(12-7-11(18-19-12)9-1-2-9)16-4-5-20-8-17-10-3-6-23-13(10)15(20)22/h3,6-9H,1-2,4-5H2,(H,16,21)(H,18,19). The lowest BCUT2D eigenvalue weighted by atomic mass is 10.2. The highest BCUT2D eigenvalue weighted by Crippen LogP contribution is 2.38. The molecule has 3 aromatic heterocycles. The molecule has 0 spiro atoms. The Morgan fingerprint density at radius 3 is 3.17 bits per heavy atom. The van der Waals surface area contributed by atoms with Crippen molar-refractivity contribution in [3.63, 3.8) is 0 Å². The summed E-state index contributed by atoms with van der Waals surface area (Å²) in [5.74, 6) is 0.303. The number of fused-ring (bicyclic) bond motifs is 1. The van der Waals surface area contributed by atoms with Gasteiger partial charge in [-0.25, -0.2) is 4.98 Å². The molecule has 1 amide bonds. The van der Waals surface area contributed by atoms with Crippen LogP contribution < -0.4 is 10.9 Å². The van der Waals surface area contributed by atoms with Crippen molar-refractivity contribution in [2.24, 2.45) is 0 Å². The van der Waals surface area contributed by atoms with Crippen molar-refractivity contribution in [2.75, 3.05) is 6.54 Å². The maximum Gasteiger partial charge on any atom is 0.271 e. The van der Waals surface area contributed by atoms with Gasteiger partial charge in [0.05, 0.1) is 11.8 Å². The summed E-state index contributed by atoms with van der Waals surface area (Å²) in [4.78, 5) is 28.5. The molecule has 118 valence electrons. The van der Waals surface area contributed by atoms with Crippen molar-refractivity contribution < 1.29 is 4.79 Å². The number of hydrogen-bond acceptors (Lipinski definition) is 5. The van der Waals surface area contributed by atoms with Crippen LogP contribution in [0.15, 0.2) is 28.6 Å².